The molecule has 1 N–H and O–H groups in total. The number of benzene rings is 2. The second-order valence-corrected chi connectivity index (χ2v) is 8.90. The Bertz CT molecular complexity index is 753. The summed E-state index contributed by atoms with van der Waals surface area (Å²) in [4.78, 5) is 4.62. The monoisotopic (exact) mass is 416 g/mol. The number of likely N-dealkylation sites (tertiary alicyclic amines) is 1. The SMILES string of the molecule is CC(C)Oc1ccc(N(C)CCC2(O)CCN(Cc3ccc(Cl)cc3)CC2)cc1. The summed E-state index contributed by atoms with van der Waals surface area (Å²) in [5.74, 6) is 0.892. The van der Waals surface area contributed by atoms with Crippen LogP contribution in [-0.2, 0) is 6.54 Å². The summed E-state index contributed by atoms with van der Waals surface area (Å²) in [6, 6.07) is 16.2. The Morgan fingerprint density at radius 2 is 1.69 bits per heavy atom. The fourth-order valence-corrected chi connectivity index (χ4v) is 3.91. The number of ether oxygens (including phenoxy) is 1. The highest BCUT2D eigenvalue weighted by molar-refractivity contribution is 6.30. The maximum Gasteiger partial charge on any atom is 0.119 e. The minimum Gasteiger partial charge on any atom is -0.491 e. The van der Waals surface area contributed by atoms with Gasteiger partial charge in [-0.15, -0.1) is 0 Å². The lowest BCUT2D eigenvalue weighted by atomic mass is 9.88. The van der Waals surface area contributed by atoms with Crippen molar-refractivity contribution in [3.8, 4) is 5.75 Å². The number of piperidine rings is 1. The average molecular weight is 417 g/mol. The van der Waals surface area contributed by atoms with Crippen LogP contribution in [0.2, 0.25) is 5.02 Å². The summed E-state index contributed by atoms with van der Waals surface area (Å²) < 4.78 is 5.71. The molecule has 0 atom stereocenters. The topological polar surface area (TPSA) is 35.9 Å². The first-order chi connectivity index (χ1) is 13.8. The minimum absolute atomic E-state index is 0.179. The molecule has 0 radical (unpaired) electrons. The summed E-state index contributed by atoms with van der Waals surface area (Å²) in [5, 5.41) is 11.8. The Morgan fingerprint density at radius 1 is 1.07 bits per heavy atom. The lowest BCUT2D eigenvalue weighted by molar-refractivity contribution is -0.0275. The molecule has 5 heteroatoms. The Labute approximate surface area is 180 Å². The van der Waals surface area contributed by atoms with Crippen LogP contribution in [0.4, 0.5) is 5.69 Å². The zero-order chi connectivity index (χ0) is 20.9. The largest absolute Gasteiger partial charge is 0.491 e. The lowest BCUT2D eigenvalue weighted by Crippen LogP contribution is -2.45. The highest BCUT2D eigenvalue weighted by Gasteiger charge is 2.32. The van der Waals surface area contributed by atoms with Crippen LogP contribution in [0.1, 0.15) is 38.7 Å². The van der Waals surface area contributed by atoms with Gasteiger partial charge in [0.2, 0.25) is 0 Å². The Morgan fingerprint density at radius 3 is 2.28 bits per heavy atom. The van der Waals surface area contributed by atoms with Gasteiger partial charge in [0.1, 0.15) is 5.75 Å². The number of aliphatic hydroxyl groups is 1. The van der Waals surface area contributed by atoms with Crippen molar-refractivity contribution in [3.05, 3.63) is 59.1 Å². The molecule has 1 heterocycles. The Balaban J connectivity index is 1.45. The van der Waals surface area contributed by atoms with Gasteiger partial charge in [0, 0.05) is 43.9 Å². The second kappa shape index (κ2) is 9.84. The molecule has 158 valence electrons. The zero-order valence-corrected chi connectivity index (χ0v) is 18.5. The first kappa shape index (κ1) is 21.9. The molecule has 4 nitrogen and oxygen atoms in total. The highest BCUT2D eigenvalue weighted by Crippen LogP contribution is 2.28. The number of halogens is 1. The average Bonchev–Trinajstić information content (AvgIpc) is 2.70. The predicted molar refractivity (Wildman–Crippen MR) is 121 cm³/mol. The lowest BCUT2D eigenvalue weighted by Gasteiger charge is -2.39. The van der Waals surface area contributed by atoms with Crippen molar-refractivity contribution in [1.82, 2.24) is 4.90 Å². The third-order valence-electron chi connectivity index (χ3n) is 5.67. The molecular formula is C24H33ClN2O2. The van der Waals surface area contributed by atoms with E-state index in [-0.39, 0.29) is 6.10 Å². The molecule has 0 unspecified atom stereocenters. The van der Waals surface area contributed by atoms with E-state index in [1.165, 1.54) is 5.56 Å². The summed E-state index contributed by atoms with van der Waals surface area (Å²) in [5.41, 5.74) is 1.83. The highest BCUT2D eigenvalue weighted by atomic mass is 35.5. The maximum atomic E-state index is 11.0. The van der Waals surface area contributed by atoms with E-state index in [0.717, 1.165) is 61.9 Å². The van der Waals surface area contributed by atoms with Gasteiger partial charge in [0.25, 0.3) is 0 Å². The van der Waals surface area contributed by atoms with E-state index in [9.17, 15) is 5.11 Å². The van der Waals surface area contributed by atoms with E-state index >= 15 is 0 Å². The van der Waals surface area contributed by atoms with Gasteiger partial charge in [-0.3, -0.25) is 4.90 Å². The first-order valence-corrected chi connectivity index (χ1v) is 10.9. The summed E-state index contributed by atoms with van der Waals surface area (Å²) in [6.45, 7) is 7.65. The van der Waals surface area contributed by atoms with E-state index in [2.05, 4.69) is 41.1 Å². The van der Waals surface area contributed by atoms with Crippen LogP contribution in [0.15, 0.2) is 48.5 Å². The van der Waals surface area contributed by atoms with Crippen LogP contribution in [0.3, 0.4) is 0 Å². The summed E-state index contributed by atoms with van der Waals surface area (Å²) in [7, 11) is 2.08. The second-order valence-electron chi connectivity index (χ2n) is 8.46. The molecule has 2 aromatic carbocycles. The van der Waals surface area contributed by atoms with Crippen molar-refractivity contribution in [2.75, 3.05) is 31.6 Å². The van der Waals surface area contributed by atoms with Crippen molar-refractivity contribution < 1.29 is 9.84 Å². The van der Waals surface area contributed by atoms with Gasteiger partial charge in [-0.05, 0) is 75.1 Å². The maximum absolute atomic E-state index is 11.0. The summed E-state index contributed by atoms with van der Waals surface area (Å²) >= 11 is 5.97. The summed E-state index contributed by atoms with van der Waals surface area (Å²) in [6.07, 6.45) is 2.59. The number of hydrogen-bond donors (Lipinski definition) is 1. The van der Waals surface area contributed by atoms with E-state index in [1.807, 2.05) is 38.1 Å². The van der Waals surface area contributed by atoms with Gasteiger partial charge in [0.05, 0.1) is 11.7 Å². The van der Waals surface area contributed by atoms with Crippen molar-refractivity contribution in [1.29, 1.82) is 0 Å². The van der Waals surface area contributed by atoms with Crippen molar-refractivity contribution in [2.45, 2.75) is 51.4 Å². The zero-order valence-electron chi connectivity index (χ0n) is 17.8. The molecule has 0 spiro atoms. The molecule has 0 amide bonds. The van der Waals surface area contributed by atoms with Crippen LogP contribution >= 0.6 is 11.6 Å². The Kier molecular flexibility index (Phi) is 7.44. The van der Waals surface area contributed by atoms with Gasteiger partial charge in [-0.1, -0.05) is 23.7 Å². The predicted octanol–water partition coefficient (Wildman–Crippen LogP) is 4.98. The molecule has 0 saturated carbocycles. The van der Waals surface area contributed by atoms with Crippen molar-refractivity contribution in [2.24, 2.45) is 0 Å². The molecule has 1 fully saturated rings. The molecule has 1 saturated heterocycles. The first-order valence-electron chi connectivity index (χ1n) is 10.5. The van der Waals surface area contributed by atoms with Crippen LogP contribution in [0, 0.1) is 0 Å². The van der Waals surface area contributed by atoms with Crippen molar-refractivity contribution in [3.63, 3.8) is 0 Å². The molecule has 1 aliphatic rings. The molecule has 3 rings (SSSR count). The molecular weight excluding hydrogens is 384 g/mol. The smallest absolute Gasteiger partial charge is 0.119 e. The third kappa shape index (κ3) is 6.63. The van der Waals surface area contributed by atoms with Gasteiger partial charge in [0.15, 0.2) is 0 Å². The van der Waals surface area contributed by atoms with Crippen molar-refractivity contribution >= 4 is 17.3 Å². The quantitative estimate of drug-likeness (QED) is 0.658. The molecule has 0 aliphatic carbocycles. The van der Waals surface area contributed by atoms with Crippen LogP contribution in [0.5, 0.6) is 5.75 Å². The number of hydrogen-bond acceptors (Lipinski definition) is 4. The van der Waals surface area contributed by atoms with Crippen LogP contribution < -0.4 is 9.64 Å². The molecule has 2 aromatic rings. The normalized spacial score (nSPS) is 16.8. The number of nitrogens with zero attached hydrogens (tertiary/aromatic N) is 2. The third-order valence-corrected chi connectivity index (χ3v) is 5.92. The fraction of sp³-hybridized carbons (Fsp3) is 0.500. The van der Waals surface area contributed by atoms with Crippen LogP contribution in [0.25, 0.3) is 0 Å². The standard InChI is InChI=1S/C24H33ClN2O2/c1-19(2)29-23-10-8-22(9-11-23)26(3)15-12-24(28)13-16-27(17-14-24)18-20-4-6-21(25)7-5-20/h4-11,19,28H,12-18H2,1-3H3. The minimum atomic E-state index is -0.578. The van der Waals surface area contributed by atoms with Gasteiger partial charge < -0.3 is 14.7 Å². The number of anilines is 1. The van der Waals surface area contributed by atoms with E-state index in [4.69, 9.17) is 16.3 Å². The van der Waals surface area contributed by atoms with E-state index < -0.39 is 5.60 Å². The van der Waals surface area contributed by atoms with Gasteiger partial charge in [-0.25, -0.2) is 0 Å². The molecule has 29 heavy (non-hydrogen) atoms. The van der Waals surface area contributed by atoms with Crippen LogP contribution in [-0.4, -0.2) is 48.4 Å². The fourth-order valence-electron chi connectivity index (χ4n) is 3.78. The Hall–Kier alpha value is -1.75. The van der Waals surface area contributed by atoms with Gasteiger partial charge in [-0.2, -0.15) is 0 Å². The molecule has 0 aromatic heterocycles. The molecule has 1 aliphatic heterocycles. The van der Waals surface area contributed by atoms with Gasteiger partial charge >= 0.3 is 0 Å². The van der Waals surface area contributed by atoms with E-state index in [0.29, 0.717) is 0 Å². The molecule has 0 bridgehead atoms. The number of rotatable bonds is 8. The van der Waals surface area contributed by atoms with E-state index in [1.54, 1.807) is 0 Å².